The normalized spacial score (nSPS) is 10.2. The second-order valence-corrected chi connectivity index (χ2v) is 15.2. The molecule has 17 nitrogen and oxygen atoms in total. The van der Waals surface area contributed by atoms with E-state index in [1.54, 1.807) is 21.6 Å². The first-order valence-electron chi connectivity index (χ1n) is 15.3. The maximum atomic E-state index is 13.9. The van der Waals surface area contributed by atoms with Crippen molar-refractivity contribution in [3.05, 3.63) is 118 Å². The highest BCUT2D eigenvalue weighted by molar-refractivity contribution is 8.77. The number of aliphatic hydroxyl groups excluding tert-OH is 2. The highest BCUT2D eigenvalue weighted by Gasteiger charge is 2.32. The minimum Gasteiger partial charge on any atom is -0.477 e. The Morgan fingerprint density at radius 3 is 0.919 bits per heavy atom. The lowest BCUT2D eigenvalue weighted by Gasteiger charge is -2.10. The van der Waals surface area contributed by atoms with Gasteiger partial charge in [-0.2, -0.15) is 0 Å². The average Bonchev–Trinajstić information content (AvgIpc) is 3.23. The van der Waals surface area contributed by atoms with Crippen LogP contribution in [0.15, 0.2) is 15.3 Å². The molecule has 3 aromatic rings. The Morgan fingerprint density at radius 2 is 0.694 bits per heavy atom. The van der Waals surface area contributed by atoms with E-state index in [1.165, 1.54) is 0 Å². The fourth-order valence-corrected chi connectivity index (χ4v) is 6.79. The zero-order chi connectivity index (χ0) is 47.3. The van der Waals surface area contributed by atoms with E-state index in [-0.39, 0.29) is 24.7 Å². The zero-order valence-electron chi connectivity index (χ0n) is 29.7. The maximum absolute atomic E-state index is 13.9. The van der Waals surface area contributed by atoms with Crippen LogP contribution in [0.5, 0.6) is 0 Å². The molecule has 0 spiro atoms. The Morgan fingerprint density at radius 1 is 0.452 bits per heavy atom. The summed E-state index contributed by atoms with van der Waals surface area (Å²) in [6.45, 7) is -0.599. The van der Waals surface area contributed by atoms with E-state index in [0.29, 0.717) is 0 Å². The predicted octanol–water partition coefficient (Wildman–Crippen LogP) is 10.3. The number of halogens is 12. The smallest absolute Gasteiger partial charge is 0.344 e. The number of ether oxygens (including phenoxy) is 2. The van der Waals surface area contributed by atoms with Gasteiger partial charge in [0.05, 0.1) is 13.2 Å². The molecule has 0 aliphatic heterocycles. The van der Waals surface area contributed by atoms with Gasteiger partial charge < -0.3 is 24.8 Å². The molecule has 62 heavy (non-hydrogen) atoms. The maximum Gasteiger partial charge on any atom is 0.344 e. The van der Waals surface area contributed by atoms with Crippen LogP contribution in [0, 0.1) is 69.8 Å². The van der Waals surface area contributed by atoms with Crippen molar-refractivity contribution >= 4 is 78.1 Å². The largest absolute Gasteiger partial charge is 0.477 e. The van der Waals surface area contributed by atoms with E-state index in [9.17, 15) is 67.1 Å². The molecular weight excluding hydrogens is 959 g/mol. The van der Waals surface area contributed by atoms with Crippen molar-refractivity contribution in [3.63, 3.8) is 0 Å². The molecule has 3 rings (SSSR count). The summed E-state index contributed by atoms with van der Waals surface area (Å²) in [5.74, 6) is -29.7. The van der Waals surface area contributed by atoms with E-state index in [0.717, 1.165) is 33.1 Å². The third-order valence-corrected chi connectivity index (χ3v) is 10.8. The Labute approximate surface area is 351 Å². The van der Waals surface area contributed by atoms with Gasteiger partial charge in [0.15, 0.2) is 69.8 Å². The summed E-state index contributed by atoms with van der Waals surface area (Å²) < 4.78 is 171. The predicted molar refractivity (Wildman–Crippen MR) is 197 cm³/mol. The molecule has 0 aliphatic carbocycles. The van der Waals surface area contributed by atoms with E-state index < -0.39 is 135 Å². The molecule has 0 atom stereocenters. The van der Waals surface area contributed by atoms with Crippen molar-refractivity contribution in [2.24, 2.45) is 15.3 Å². The van der Waals surface area contributed by atoms with Crippen molar-refractivity contribution < 1.29 is 91.9 Å². The minimum absolute atomic E-state index is 0.0735. The van der Waals surface area contributed by atoms with Gasteiger partial charge in [0, 0.05) is 37.7 Å². The molecule has 0 unspecified atom stereocenters. The minimum atomic E-state index is -2.18. The molecular formula is C29H19F12N9O8S4. The molecule has 0 bridgehead atoms. The number of carboxylic acid groups (broad SMARTS) is 1. The van der Waals surface area contributed by atoms with Crippen molar-refractivity contribution in [1.29, 1.82) is 0 Å². The molecule has 3 N–H and O–H groups in total. The molecule has 3 aromatic carbocycles. The first-order valence-corrected chi connectivity index (χ1v) is 20.3. The third kappa shape index (κ3) is 14.6. The molecule has 0 amide bonds. The summed E-state index contributed by atoms with van der Waals surface area (Å²) in [5, 5.41) is 32.2. The molecule has 0 heterocycles. The van der Waals surface area contributed by atoms with Crippen LogP contribution in [0.4, 0.5) is 69.7 Å². The Kier molecular flexibility index (Phi) is 24.1. The molecule has 0 saturated heterocycles. The SMILES string of the molecule is OCCSSCCO.[N-]=[N+]=Nc1c(F)c(F)c(C(=O)O)c(F)c1F.[N-]=[N+]=Nc1c(F)c(F)c(C(=O)OCCSSCCOC(=O)c2c(F)c(F)c(N=[N+]=[N-])c(F)c2F)c(F)c1F. The lowest BCUT2D eigenvalue weighted by atomic mass is 10.1. The monoisotopic (exact) mass is 977 g/mol. The van der Waals surface area contributed by atoms with Crippen LogP contribution in [0.3, 0.4) is 0 Å². The number of benzene rings is 3. The molecule has 0 radical (unpaired) electrons. The van der Waals surface area contributed by atoms with Gasteiger partial charge in [0.25, 0.3) is 0 Å². The van der Waals surface area contributed by atoms with E-state index in [2.05, 4.69) is 24.8 Å². The summed E-state index contributed by atoms with van der Waals surface area (Å²) in [4.78, 5) is 39.9. The highest BCUT2D eigenvalue weighted by atomic mass is 33.1. The van der Waals surface area contributed by atoms with Crippen molar-refractivity contribution in [2.45, 2.75) is 0 Å². The lowest BCUT2D eigenvalue weighted by Crippen LogP contribution is -2.15. The second-order valence-electron chi connectivity index (χ2n) is 9.82. The Hall–Kier alpha value is -5.52. The number of azide groups is 3. The molecule has 0 saturated carbocycles. The van der Waals surface area contributed by atoms with Crippen LogP contribution < -0.4 is 0 Å². The number of esters is 2. The fourth-order valence-electron chi connectivity index (χ4n) is 3.60. The molecule has 0 aliphatic rings. The zero-order valence-corrected chi connectivity index (χ0v) is 33.0. The van der Waals surface area contributed by atoms with Crippen molar-refractivity contribution in [2.75, 3.05) is 49.4 Å². The summed E-state index contributed by atoms with van der Waals surface area (Å²) >= 11 is 0. The van der Waals surface area contributed by atoms with Gasteiger partial charge in [-0.15, -0.1) is 0 Å². The summed E-state index contributed by atoms with van der Waals surface area (Å²) in [5.41, 5.74) is 14.3. The second kappa shape index (κ2) is 27.4. The number of nitrogens with zero attached hydrogens (tertiary/aromatic N) is 9. The van der Waals surface area contributed by atoms with Gasteiger partial charge >= 0.3 is 17.9 Å². The van der Waals surface area contributed by atoms with Gasteiger partial charge in [-0.05, 0) is 16.6 Å². The Bertz CT molecular complexity index is 2080. The van der Waals surface area contributed by atoms with Gasteiger partial charge in [0.1, 0.15) is 47.0 Å². The first-order chi connectivity index (χ1) is 29.3. The molecule has 336 valence electrons. The van der Waals surface area contributed by atoms with Crippen LogP contribution >= 0.6 is 43.2 Å². The highest BCUT2D eigenvalue weighted by Crippen LogP contribution is 2.33. The molecule has 0 aromatic heterocycles. The number of carboxylic acids is 1. The van der Waals surface area contributed by atoms with Crippen LogP contribution in [-0.2, 0) is 9.47 Å². The standard InChI is InChI=1S/C18H8F8N6O4S2.C7HF4N3O2.C4H10O2S2/c19-7-5(8(20)12(24)15(11(7)23)29-31-27)17(33)35-1-3-37-38-4-2-36-18(34)6-9(21)13(25)16(30-32-28)14(26)10(6)22;8-2-1(7(15)16)3(9)5(11)6(4(2)10)13-14-12;5-1-3-7-8-4-2-6/h1-4H2;(H,15,16);5-6H,1-4H2. The molecule has 33 heteroatoms. The third-order valence-electron chi connectivity index (χ3n) is 6.09. The van der Waals surface area contributed by atoms with Gasteiger partial charge in [0.2, 0.25) is 0 Å². The van der Waals surface area contributed by atoms with Crippen LogP contribution in [-0.4, -0.2) is 82.7 Å². The van der Waals surface area contributed by atoms with Crippen LogP contribution in [0.25, 0.3) is 31.3 Å². The average molecular weight is 978 g/mol. The number of rotatable bonds is 18. The van der Waals surface area contributed by atoms with Gasteiger partial charge in [-0.25, -0.2) is 67.1 Å². The van der Waals surface area contributed by atoms with Gasteiger partial charge in [-0.3, -0.25) is 0 Å². The van der Waals surface area contributed by atoms with Crippen LogP contribution in [0.2, 0.25) is 0 Å². The number of hydrogen-bond donors (Lipinski definition) is 3. The van der Waals surface area contributed by atoms with Crippen molar-refractivity contribution in [1.82, 2.24) is 0 Å². The number of carbonyl (C=O) groups is 3. The number of hydrogen-bond acceptors (Lipinski definition) is 14. The Balaban J connectivity index is 0.000000652. The fraction of sp³-hybridized carbons (Fsp3) is 0.276. The van der Waals surface area contributed by atoms with E-state index in [1.807, 2.05) is 14.7 Å². The first kappa shape index (κ1) is 54.5. The number of aliphatic hydroxyl groups is 2. The summed E-state index contributed by atoms with van der Waals surface area (Å²) in [6, 6.07) is 0. The van der Waals surface area contributed by atoms with Crippen LogP contribution in [0.1, 0.15) is 31.1 Å². The number of aromatic carboxylic acids is 1. The summed E-state index contributed by atoms with van der Waals surface area (Å²) in [7, 11) is 5.01. The lowest BCUT2D eigenvalue weighted by molar-refractivity contribution is 0.0506. The quantitative estimate of drug-likeness (QED) is 0.0157. The molecule has 0 fully saturated rings. The topological polar surface area (TPSA) is 277 Å². The summed E-state index contributed by atoms with van der Waals surface area (Å²) in [6.07, 6.45) is 0. The van der Waals surface area contributed by atoms with Gasteiger partial charge in [-0.1, -0.05) is 58.5 Å². The van der Waals surface area contributed by atoms with E-state index >= 15 is 0 Å². The number of carbonyl (C=O) groups excluding carboxylic acids is 2. The van der Waals surface area contributed by atoms with E-state index in [4.69, 9.17) is 31.9 Å². The van der Waals surface area contributed by atoms with Crippen molar-refractivity contribution in [3.8, 4) is 0 Å².